The number of nitrogen functional groups attached to an aromatic ring is 1. The fourth-order valence-electron chi connectivity index (χ4n) is 2.55. The summed E-state index contributed by atoms with van der Waals surface area (Å²) in [6, 6.07) is 15.4. The average molecular weight is 305 g/mol. The molecule has 1 heterocycles. The fraction of sp³-hybridized carbons (Fsp3) is 0.158. The van der Waals surface area contributed by atoms with Gasteiger partial charge in [0.2, 0.25) is 0 Å². The minimum absolute atomic E-state index is 0.156. The monoisotopic (exact) mass is 305 g/mol. The van der Waals surface area contributed by atoms with E-state index in [1.54, 1.807) is 0 Å². The highest BCUT2D eigenvalue weighted by Gasteiger charge is 2.07. The lowest BCUT2D eigenvalue weighted by atomic mass is 10.1. The topological polar surface area (TPSA) is 71.8 Å². The maximum atomic E-state index is 12.0. The van der Waals surface area contributed by atoms with E-state index < -0.39 is 0 Å². The van der Waals surface area contributed by atoms with Crippen molar-refractivity contribution in [3.05, 3.63) is 81.4 Å². The van der Waals surface area contributed by atoms with E-state index in [0.29, 0.717) is 23.6 Å². The third-order valence-corrected chi connectivity index (χ3v) is 3.82. The van der Waals surface area contributed by atoms with Gasteiger partial charge in [-0.15, -0.1) is 0 Å². The Kier molecular flexibility index (Phi) is 3.98. The Hall–Kier alpha value is -2.88. The summed E-state index contributed by atoms with van der Waals surface area (Å²) in [5.74, 6) is 0.650. The van der Waals surface area contributed by atoms with E-state index in [4.69, 9.17) is 5.73 Å². The van der Waals surface area contributed by atoms with Crippen LogP contribution in [0.15, 0.2) is 53.3 Å². The lowest BCUT2D eigenvalue weighted by Crippen LogP contribution is -2.11. The first kappa shape index (κ1) is 15.0. The molecule has 0 fully saturated rings. The molecule has 0 bridgehead atoms. The van der Waals surface area contributed by atoms with Gasteiger partial charge in [-0.05, 0) is 31.0 Å². The van der Waals surface area contributed by atoms with E-state index >= 15 is 0 Å². The van der Waals surface area contributed by atoms with E-state index in [0.717, 1.165) is 16.7 Å². The van der Waals surface area contributed by atoms with Gasteiger partial charge in [-0.3, -0.25) is 4.79 Å². The number of benzene rings is 2. The maximum absolute atomic E-state index is 12.0. The number of aromatic amines is 1. The molecule has 23 heavy (non-hydrogen) atoms. The first-order valence-electron chi connectivity index (χ1n) is 7.53. The van der Waals surface area contributed by atoms with Gasteiger partial charge in [-0.1, -0.05) is 42.0 Å². The van der Waals surface area contributed by atoms with Crippen LogP contribution in [0.1, 0.15) is 22.5 Å². The van der Waals surface area contributed by atoms with Gasteiger partial charge in [0.1, 0.15) is 5.82 Å². The van der Waals surface area contributed by atoms with Crippen LogP contribution >= 0.6 is 0 Å². The van der Waals surface area contributed by atoms with Gasteiger partial charge in [0.15, 0.2) is 0 Å². The molecule has 3 rings (SSSR count). The Morgan fingerprint density at radius 2 is 1.91 bits per heavy atom. The van der Waals surface area contributed by atoms with Crippen LogP contribution in [0.5, 0.6) is 0 Å². The van der Waals surface area contributed by atoms with Crippen LogP contribution in [0, 0.1) is 13.8 Å². The highest BCUT2D eigenvalue weighted by atomic mass is 16.1. The number of nitrogens with one attached hydrogen (secondary N) is 1. The van der Waals surface area contributed by atoms with E-state index in [-0.39, 0.29) is 5.56 Å². The molecule has 0 saturated carbocycles. The summed E-state index contributed by atoms with van der Waals surface area (Å²) in [5, 5.41) is 0. The summed E-state index contributed by atoms with van der Waals surface area (Å²) >= 11 is 0. The molecular formula is C19H19N3O. The highest BCUT2D eigenvalue weighted by Crippen LogP contribution is 2.21. The van der Waals surface area contributed by atoms with Crippen LogP contribution in [0.4, 0.5) is 5.69 Å². The Morgan fingerprint density at radius 3 is 2.65 bits per heavy atom. The SMILES string of the molecule is Cc1cccc(Cc2nc(-c3ccc(C)c(N)c3)cc(=O)[nH]2)c1. The van der Waals surface area contributed by atoms with Gasteiger partial charge in [-0.2, -0.15) is 0 Å². The third kappa shape index (κ3) is 3.48. The van der Waals surface area contributed by atoms with Gasteiger partial charge in [-0.25, -0.2) is 4.98 Å². The molecule has 0 spiro atoms. The predicted octanol–water partition coefficient (Wildman–Crippen LogP) is 3.23. The Balaban J connectivity index is 1.99. The lowest BCUT2D eigenvalue weighted by Gasteiger charge is -2.07. The summed E-state index contributed by atoms with van der Waals surface area (Å²) in [6.45, 7) is 4.00. The summed E-state index contributed by atoms with van der Waals surface area (Å²) in [4.78, 5) is 19.4. The number of H-pyrrole nitrogens is 1. The first-order chi connectivity index (χ1) is 11.0. The van der Waals surface area contributed by atoms with Crippen molar-refractivity contribution in [2.45, 2.75) is 20.3 Å². The fourth-order valence-corrected chi connectivity index (χ4v) is 2.55. The van der Waals surface area contributed by atoms with Crippen LogP contribution in [-0.4, -0.2) is 9.97 Å². The molecule has 0 radical (unpaired) electrons. The zero-order valence-electron chi connectivity index (χ0n) is 13.3. The number of rotatable bonds is 3. The molecule has 1 aromatic heterocycles. The normalized spacial score (nSPS) is 10.7. The largest absolute Gasteiger partial charge is 0.398 e. The van der Waals surface area contributed by atoms with E-state index in [1.165, 1.54) is 11.6 Å². The Labute approximate surface area is 135 Å². The standard InChI is InChI=1S/C19H19N3O/c1-12-4-3-5-14(8-12)9-18-21-17(11-19(23)22-18)15-7-6-13(2)16(20)10-15/h3-8,10-11H,9,20H2,1-2H3,(H,21,22,23). The van der Waals surface area contributed by atoms with Gasteiger partial charge in [0.05, 0.1) is 5.69 Å². The number of hydrogen-bond donors (Lipinski definition) is 2. The number of anilines is 1. The van der Waals surface area contributed by atoms with Crippen LogP contribution < -0.4 is 11.3 Å². The molecule has 0 aliphatic rings. The van der Waals surface area contributed by atoms with Crippen molar-refractivity contribution in [3.8, 4) is 11.3 Å². The molecule has 0 unspecified atom stereocenters. The van der Waals surface area contributed by atoms with E-state index in [9.17, 15) is 4.79 Å². The van der Waals surface area contributed by atoms with Crippen molar-refractivity contribution < 1.29 is 0 Å². The van der Waals surface area contributed by atoms with Crippen LogP contribution in [-0.2, 0) is 6.42 Å². The first-order valence-corrected chi connectivity index (χ1v) is 7.53. The highest BCUT2D eigenvalue weighted by molar-refractivity contribution is 5.65. The second kappa shape index (κ2) is 6.08. The van der Waals surface area contributed by atoms with Crippen molar-refractivity contribution in [2.24, 2.45) is 0 Å². The average Bonchev–Trinajstić information content (AvgIpc) is 2.49. The van der Waals surface area contributed by atoms with Crippen molar-refractivity contribution in [1.82, 2.24) is 9.97 Å². The van der Waals surface area contributed by atoms with Crippen LogP contribution in [0.2, 0.25) is 0 Å². The zero-order valence-corrected chi connectivity index (χ0v) is 13.3. The molecule has 0 aliphatic heterocycles. The minimum Gasteiger partial charge on any atom is -0.398 e. The van der Waals surface area contributed by atoms with Gasteiger partial charge in [0, 0.05) is 23.7 Å². The quantitative estimate of drug-likeness (QED) is 0.730. The number of hydrogen-bond acceptors (Lipinski definition) is 3. The molecule has 4 heteroatoms. The molecule has 0 atom stereocenters. The zero-order chi connectivity index (χ0) is 16.4. The second-order valence-electron chi connectivity index (χ2n) is 5.81. The number of nitrogens with zero attached hydrogens (tertiary/aromatic N) is 1. The van der Waals surface area contributed by atoms with Crippen molar-refractivity contribution in [2.75, 3.05) is 5.73 Å². The molecule has 0 aliphatic carbocycles. The second-order valence-corrected chi connectivity index (χ2v) is 5.81. The summed E-state index contributed by atoms with van der Waals surface area (Å²) in [7, 11) is 0. The maximum Gasteiger partial charge on any atom is 0.251 e. The molecule has 3 aromatic rings. The predicted molar refractivity (Wildman–Crippen MR) is 93.4 cm³/mol. The van der Waals surface area contributed by atoms with Crippen LogP contribution in [0.25, 0.3) is 11.3 Å². The molecule has 3 N–H and O–H groups in total. The summed E-state index contributed by atoms with van der Waals surface area (Å²) in [5.41, 5.74) is 11.3. The lowest BCUT2D eigenvalue weighted by molar-refractivity contribution is 0.949. The number of nitrogens with two attached hydrogens (primary N) is 1. The molecule has 4 nitrogen and oxygen atoms in total. The minimum atomic E-state index is -0.156. The molecule has 2 aromatic carbocycles. The molecular weight excluding hydrogens is 286 g/mol. The molecule has 116 valence electrons. The molecule has 0 saturated heterocycles. The van der Waals surface area contributed by atoms with Gasteiger partial charge < -0.3 is 10.7 Å². The van der Waals surface area contributed by atoms with Crippen LogP contribution in [0.3, 0.4) is 0 Å². The van der Waals surface area contributed by atoms with Gasteiger partial charge in [0.25, 0.3) is 5.56 Å². The molecule has 0 amide bonds. The Bertz CT molecular complexity index is 912. The van der Waals surface area contributed by atoms with E-state index in [1.807, 2.05) is 50.2 Å². The van der Waals surface area contributed by atoms with Gasteiger partial charge >= 0.3 is 0 Å². The smallest absolute Gasteiger partial charge is 0.251 e. The van der Waals surface area contributed by atoms with Crippen molar-refractivity contribution in [1.29, 1.82) is 0 Å². The van der Waals surface area contributed by atoms with E-state index in [2.05, 4.69) is 16.0 Å². The summed E-state index contributed by atoms with van der Waals surface area (Å²) < 4.78 is 0. The third-order valence-electron chi connectivity index (χ3n) is 3.82. The Morgan fingerprint density at radius 1 is 1.09 bits per heavy atom. The summed E-state index contributed by atoms with van der Waals surface area (Å²) in [6.07, 6.45) is 0.589. The number of aryl methyl sites for hydroxylation is 2. The van der Waals surface area contributed by atoms with Crippen molar-refractivity contribution in [3.63, 3.8) is 0 Å². The van der Waals surface area contributed by atoms with Crippen molar-refractivity contribution >= 4 is 5.69 Å². The number of aromatic nitrogens is 2.